The lowest BCUT2D eigenvalue weighted by atomic mass is 9.94. The minimum Gasteiger partial charge on any atom is -0.252 e. The van der Waals surface area contributed by atoms with E-state index in [4.69, 9.17) is 15.0 Å². The zero-order valence-electron chi connectivity index (χ0n) is 45.6. The first-order chi connectivity index (χ1) is 38.3. The number of benzene rings is 12. The van der Waals surface area contributed by atoms with E-state index in [0.29, 0.717) is 0 Å². The van der Waals surface area contributed by atoms with Gasteiger partial charge in [-0.15, -0.1) is 0 Å². The van der Waals surface area contributed by atoms with Crippen LogP contribution in [0.4, 0.5) is 0 Å². The summed E-state index contributed by atoms with van der Waals surface area (Å²) in [6.07, 6.45) is 6.02. The van der Waals surface area contributed by atoms with Crippen molar-refractivity contribution in [2.24, 2.45) is 0 Å². The van der Waals surface area contributed by atoms with E-state index in [2.05, 4.69) is 242 Å². The van der Waals surface area contributed by atoms with Crippen molar-refractivity contribution in [3.63, 3.8) is 0 Å². The smallest absolute Gasteiger partial charge is 0.0790 e. The first-order valence-corrected chi connectivity index (χ1v) is 28.3. The van der Waals surface area contributed by atoms with Crippen LogP contribution in [0, 0.1) is 0 Å². The second-order valence-corrected chi connectivity index (χ2v) is 21.1. The molecule has 15 aromatic rings. The Morgan fingerprint density at radius 1 is 0.231 bits per heavy atom. The molecule has 0 radical (unpaired) electrons. The van der Waals surface area contributed by atoms with E-state index in [1.807, 2.05) is 0 Å². The van der Waals surface area contributed by atoms with Crippen molar-refractivity contribution in [2.45, 2.75) is 80.1 Å². The van der Waals surface area contributed by atoms with E-state index in [9.17, 15) is 0 Å². The fraction of sp³-hybridized carbons (Fsp3) is 0.160. The first kappa shape index (κ1) is 48.8. The summed E-state index contributed by atoms with van der Waals surface area (Å²) in [5, 5.41) is 27.0. The van der Waals surface area contributed by atoms with Crippen LogP contribution in [0.5, 0.6) is 0 Å². The predicted molar refractivity (Wildman–Crippen MR) is 339 cm³/mol. The molecule has 0 aliphatic rings. The molecule has 0 aliphatic heterocycles. The van der Waals surface area contributed by atoms with Crippen molar-refractivity contribution in [3.05, 3.63) is 234 Å². The molecular weight excluding hydrogens is 943 g/mol. The summed E-state index contributed by atoms with van der Waals surface area (Å²) in [7, 11) is 0. The van der Waals surface area contributed by atoms with Crippen LogP contribution in [0.2, 0.25) is 0 Å². The number of aryl methyl sites for hydroxylation is 6. The Kier molecular flexibility index (Phi) is 12.7. The van der Waals surface area contributed by atoms with Gasteiger partial charge in [0.2, 0.25) is 0 Å². The zero-order valence-corrected chi connectivity index (χ0v) is 45.6. The van der Waals surface area contributed by atoms with Crippen molar-refractivity contribution in [2.75, 3.05) is 0 Å². The molecule has 0 unspecified atom stereocenters. The van der Waals surface area contributed by atoms with Crippen LogP contribution < -0.4 is 0 Å². The largest absolute Gasteiger partial charge is 0.252 e. The number of aromatic nitrogens is 3. The van der Waals surface area contributed by atoms with Gasteiger partial charge >= 0.3 is 0 Å². The summed E-state index contributed by atoms with van der Waals surface area (Å²) in [6.45, 7) is 13.2. The highest BCUT2D eigenvalue weighted by molar-refractivity contribution is 6.22. The van der Waals surface area contributed by atoms with Gasteiger partial charge in [0.05, 0.1) is 16.6 Å². The maximum absolute atomic E-state index is 5.10. The molecule has 12 aromatic carbocycles. The van der Waals surface area contributed by atoms with Gasteiger partial charge in [0.15, 0.2) is 0 Å². The summed E-state index contributed by atoms with van der Waals surface area (Å²) >= 11 is 0. The van der Waals surface area contributed by atoms with Crippen molar-refractivity contribution < 1.29 is 0 Å². The number of fused-ring (bicyclic) bond motifs is 17. The van der Waals surface area contributed by atoms with E-state index in [0.717, 1.165) is 55.1 Å². The monoisotopic (exact) mass is 1010 g/mol. The molecule has 0 atom stereocenters. The Bertz CT molecular complexity index is 4760. The summed E-state index contributed by atoms with van der Waals surface area (Å²) in [5.41, 5.74) is 11.0. The second-order valence-electron chi connectivity index (χ2n) is 21.1. The Labute approximate surface area is 456 Å². The Hall–Kier alpha value is -8.79. The highest BCUT2D eigenvalue weighted by atomic mass is 14.7. The normalized spacial score (nSPS) is 11.8. The molecule has 78 heavy (non-hydrogen) atoms. The third-order valence-corrected chi connectivity index (χ3v) is 16.6. The molecule has 0 fully saturated rings. The Morgan fingerprint density at radius 2 is 0.615 bits per heavy atom. The fourth-order valence-electron chi connectivity index (χ4n) is 12.3. The molecule has 3 nitrogen and oxygen atoms in total. The molecule has 0 saturated carbocycles. The molecule has 0 bridgehead atoms. The number of hydrogen-bond donors (Lipinski definition) is 0. The van der Waals surface area contributed by atoms with Crippen LogP contribution in [0.1, 0.15) is 75.3 Å². The maximum Gasteiger partial charge on any atom is 0.0790 e. The van der Waals surface area contributed by atoms with E-state index < -0.39 is 0 Å². The fourth-order valence-corrected chi connectivity index (χ4v) is 12.3. The first-order valence-electron chi connectivity index (χ1n) is 28.3. The SMILES string of the molecule is CCc1ccc2cc3c(cc2c1)c(CC)nc1c2ccccc2ccc31.CCc1ccc2cc3c(cc2c1)c(CC)nc1cc2ccccc2cc13.CCc1ccc2cc3c(cc2c1)c(CC)nc1ccc2ccccc2c13. The number of nitrogens with zero attached hydrogens (tertiary/aromatic N) is 3. The topological polar surface area (TPSA) is 38.7 Å². The molecule has 0 aliphatic carbocycles. The van der Waals surface area contributed by atoms with Crippen molar-refractivity contribution in [1.29, 1.82) is 0 Å². The predicted octanol–water partition coefficient (Wildman–Crippen LogP) is 20.5. The third kappa shape index (κ3) is 8.59. The lowest BCUT2D eigenvalue weighted by Gasteiger charge is -2.13. The molecular formula is C75H63N3. The maximum atomic E-state index is 5.10. The second kappa shape index (κ2) is 20.3. The lowest BCUT2D eigenvalue weighted by Crippen LogP contribution is -1.93. The Morgan fingerprint density at radius 3 is 1.17 bits per heavy atom. The molecule has 15 rings (SSSR count). The van der Waals surface area contributed by atoms with Gasteiger partial charge in [-0.2, -0.15) is 0 Å². The quantitative estimate of drug-likeness (QED) is 0.123. The minimum atomic E-state index is 0.939. The molecule has 3 aromatic heterocycles. The van der Waals surface area contributed by atoms with Gasteiger partial charge in [0, 0.05) is 54.8 Å². The molecule has 0 amide bonds. The molecule has 0 saturated heterocycles. The minimum absolute atomic E-state index is 0.939. The van der Waals surface area contributed by atoms with Gasteiger partial charge in [-0.1, -0.05) is 187 Å². The van der Waals surface area contributed by atoms with Crippen LogP contribution in [0.3, 0.4) is 0 Å². The van der Waals surface area contributed by atoms with Gasteiger partial charge in [-0.3, -0.25) is 15.0 Å². The van der Waals surface area contributed by atoms with Crippen LogP contribution in [-0.2, 0) is 38.5 Å². The molecule has 0 N–H and O–H groups in total. The third-order valence-electron chi connectivity index (χ3n) is 16.6. The van der Waals surface area contributed by atoms with Crippen LogP contribution in [-0.4, -0.2) is 15.0 Å². The number of pyridine rings is 3. The number of rotatable bonds is 6. The van der Waals surface area contributed by atoms with Gasteiger partial charge in [0.25, 0.3) is 0 Å². The zero-order chi connectivity index (χ0) is 53.0. The van der Waals surface area contributed by atoms with Crippen LogP contribution in [0.15, 0.2) is 200 Å². The van der Waals surface area contributed by atoms with Crippen molar-refractivity contribution in [1.82, 2.24) is 15.0 Å². The van der Waals surface area contributed by atoms with E-state index in [1.165, 1.54) is 147 Å². The highest BCUT2D eigenvalue weighted by Crippen LogP contribution is 2.38. The summed E-state index contributed by atoms with van der Waals surface area (Å²) < 4.78 is 0. The van der Waals surface area contributed by atoms with Crippen molar-refractivity contribution in [3.8, 4) is 0 Å². The average molecular weight is 1010 g/mol. The number of hydrogen-bond acceptors (Lipinski definition) is 3. The van der Waals surface area contributed by atoms with Gasteiger partial charge in [0.1, 0.15) is 0 Å². The van der Waals surface area contributed by atoms with Gasteiger partial charge < -0.3 is 0 Å². The highest BCUT2D eigenvalue weighted by Gasteiger charge is 2.15. The molecule has 3 heteroatoms. The van der Waals surface area contributed by atoms with E-state index in [-0.39, 0.29) is 0 Å². The molecule has 0 spiro atoms. The van der Waals surface area contributed by atoms with Gasteiger partial charge in [-0.25, -0.2) is 0 Å². The lowest BCUT2D eigenvalue weighted by molar-refractivity contribution is 1.08. The van der Waals surface area contributed by atoms with Gasteiger partial charge in [-0.05, 0) is 185 Å². The van der Waals surface area contributed by atoms with Crippen molar-refractivity contribution >= 4 is 130 Å². The summed E-state index contributed by atoms with van der Waals surface area (Å²) in [5.74, 6) is 0. The average Bonchev–Trinajstić information content (AvgIpc) is 3.68. The molecule has 3 heterocycles. The summed E-state index contributed by atoms with van der Waals surface area (Å²) in [6, 6.07) is 73.6. The van der Waals surface area contributed by atoms with Crippen LogP contribution >= 0.6 is 0 Å². The Balaban J connectivity index is 0.000000111. The summed E-state index contributed by atoms with van der Waals surface area (Å²) in [4.78, 5) is 15.1. The standard InChI is InChI=1S/3C25H21N/c1-3-16-9-10-19-12-21-22(14-20(19)11-16)24(4-2)26-25-15-18-8-6-5-7-17(18)13-23(21)25;1-3-16-9-10-18-14-22-21(15-19(18)13-16)23(4-2)26-24-12-11-17-7-5-6-8-20(17)25(22)24;1-3-16-9-10-18-14-22-21-12-11-17-7-5-6-8-20(17)25(21)26-24(4-2)23(22)15-19(18)13-16/h3*5-15H,3-4H2,1-2H3. The van der Waals surface area contributed by atoms with E-state index in [1.54, 1.807) is 0 Å². The molecule has 378 valence electrons. The van der Waals surface area contributed by atoms with E-state index >= 15 is 0 Å². The van der Waals surface area contributed by atoms with Crippen LogP contribution in [0.25, 0.3) is 130 Å².